The van der Waals surface area contributed by atoms with Gasteiger partial charge in [0.15, 0.2) is 0 Å². The summed E-state index contributed by atoms with van der Waals surface area (Å²) in [7, 11) is 0. The average molecular weight is 521 g/mol. The number of fused-ring (bicyclic) bond motifs is 3. The first-order chi connectivity index (χ1) is 18.2. The Kier molecular flexibility index (Phi) is 8.61. The fourth-order valence-corrected chi connectivity index (χ4v) is 4.19. The van der Waals surface area contributed by atoms with Gasteiger partial charge in [0, 0.05) is 23.7 Å². The van der Waals surface area contributed by atoms with Gasteiger partial charge < -0.3 is 24.1 Å². The summed E-state index contributed by atoms with van der Waals surface area (Å²) in [4.78, 5) is 40.6. The zero-order valence-electron chi connectivity index (χ0n) is 21.8. The van der Waals surface area contributed by atoms with E-state index in [-0.39, 0.29) is 24.8 Å². The average Bonchev–Trinajstić information content (AvgIpc) is 3.18. The number of rotatable bonds is 8. The quantitative estimate of drug-likeness (QED) is 0.266. The smallest absolute Gasteiger partial charge is 0.407 e. The zero-order valence-corrected chi connectivity index (χ0v) is 21.8. The number of hydrogen-bond donors (Lipinski definition) is 2. The molecule has 0 saturated carbocycles. The van der Waals surface area contributed by atoms with Gasteiger partial charge in [0.2, 0.25) is 11.8 Å². The van der Waals surface area contributed by atoms with Crippen molar-refractivity contribution in [2.24, 2.45) is 0 Å². The predicted molar refractivity (Wildman–Crippen MR) is 141 cm³/mol. The molecule has 10 heteroatoms. The van der Waals surface area contributed by atoms with Crippen LogP contribution in [0.4, 0.5) is 4.79 Å². The number of piperidine rings is 1. The van der Waals surface area contributed by atoms with Crippen LogP contribution in [0.2, 0.25) is 0 Å². The molecule has 1 aliphatic rings. The van der Waals surface area contributed by atoms with E-state index in [1.54, 1.807) is 20.8 Å². The van der Waals surface area contributed by atoms with Crippen molar-refractivity contribution in [1.82, 2.24) is 20.2 Å². The summed E-state index contributed by atoms with van der Waals surface area (Å²) in [5.74, 6) is 5.39. The van der Waals surface area contributed by atoms with Crippen LogP contribution in [0.1, 0.15) is 45.3 Å². The Morgan fingerprint density at radius 2 is 1.89 bits per heavy atom. The molecule has 3 aromatic rings. The number of benzene rings is 1. The number of para-hydroxylation sites is 1. The first kappa shape index (κ1) is 27.1. The van der Waals surface area contributed by atoms with Crippen molar-refractivity contribution >= 4 is 39.8 Å². The molecule has 2 aromatic heterocycles. The van der Waals surface area contributed by atoms with Gasteiger partial charge in [-0.2, -0.15) is 0 Å². The number of imide groups is 1. The Morgan fingerprint density at radius 1 is 1.11 bits per heavy atom. The van der Waals surface area contributed by atoms with Crippen molar-refractivity contribution in [2.45, 2.75) is 45.3 Å². The van der Waals surface area contributed by atoms with Crippen molar-refractivity contribution in [3.63, 3.8) is 0 Å². The molecule has 0 bridgehead atoms. The number of nitrogens with zero attached hydrogens (tertiary/aromatic N) is 2. The number of aromatic nitrogens is 2. The molecule has 1 saturated heterocycles. The molecule has 1 unspecified atom stereocenters. The second kappa shape index (κ2) is 12.1. The Hall–Kier alpha value is -3.94. The van der Waals surface area contributed by atoms with E-state index in [1.165, 1.54) is 0 Å². The molecular formula is C28H32N4O6. The molecule has 0 spiro atoms. The minimum atomic E-state index is -0.535. The molecule has 1 aromatic carbocycles. The van der Waals surface area contributed by atoms with E-state index in [4.69, 9.17) is 19.2 Å². The fourth-order valence-electron chi connectivity index (χ4n) is 4.19. The number of pyridine rings is 1. The monoisotopic (exact) mass is 520 g/mol. The zero-order chi connectivity index (χ0) is 27.1. The third-order valence-corrected chi connectivity index (χ3v) is 5.76. The van der Waals surface area contributed by atoms with Crippen molar-refractivity contribution < 1.29 is 28.6 Å². The van der Waals surface area contributed by atoms with Crippen LogP contribution in [-0.4, -0.2) is 66.0 Å². The SMILES string of the molecule is CC(C)(C)OC(=O)NCCOCCOCC#Cc1ccc2c3ccccc3n(C3CCC(=O)NC3=O)c2n1. The first-order valence-corrected chi connectivity index (χ1v) is 12.6. The van der Waals surface area contributed by atoms with Crippen LogP contribution in [0.15, 0.2) is 36.4 Å². The molecule has 0 radical (unpaired) electrons. The third kappa shape index (κ3) is 6.88. The Morgan fingerprint density at radius 3 is 2.68 bits per heavy atom. The molecule has 0 aliphatic carbocycles. The van der Waals surface area contributed by atoms with Crippen LogP contribution in [0.25, 0.3) is 21.9 Å². The number of alkyl carbamates (subject to hydrolysis) is 1. The van der Waals surface area contributed by atoms with Crippen LogP contribution in [0.5, 0.6) is 0 Å². The van der Waals surface area contributed by atoms with E-state index >= 15 is 0 Å². The van der Waals surface area contributed by atoms with Gasteiger partial charge in [-0.1, -0.05) is 24.1 Å². The lowest BCUT2D eigenvalue weighted by Gasteiger charge is -2.23. The number of carbonyl (C=O) groups excluding carboxylic acids is 3. The molecule has 10 nitrogen and oxygen atoms in total. The van der Waals surface area contributed by atoms with Crippen molar-refractivity contribution in [1.29, 1.82) is 0 Å². The highest BCUT2D eigenvalue weighted by Gasteiger charge is 2.30. The second-order valence-electron chi connectivity index (χ2n) is 9.82. The maximum Gasteiger partial charge on any atom is 0.407 e. The number of nitrogens with one attached hydrogen (secondary N) is 2. The van der Waals surface area contributed by atoms with Gasteiger partial charge in [-0.05, 0) is 51.3 Å². The van der Waals surface area contributed by atoms with Crippen LogP contribution in [-0.2, 0) is 23.8 Å². The van der Waals surface area contributed by atoms with E-state index in [9.17, 15) is 14.4 Å². The molecule has 4 rings (SSSR count). The second-order valence-corrected chi connectivity index (χ2v) is 9.82. The van der Waals surface area contributed by atoms with Gasteiger partial charge in [-0.25, -0.2) is 9.78 Å². The van der Waals surface area contributed by atoms with Gasteiger partial charge in [0.25, 0.3) is 0 Å². The topological polar surface area (TPSA) is 121 Å². The molecule has 2 N–H and O–H groups in total. The van der Waals surface area contributed by atoms with Crippen molar-refractivity contribution in [3.8, 4) is 11.8 Å². The van der Waals surface area contributed by atoms with Gasteiger partial charge in [-0.15, -0.1) is 0 Å². The van der Waals surface area contributed by atoms with Crippen molar-refractivity contribution in [2.75, 3.05) is 33.0 Å². The van der Waals surface area contributed by atoms with Gasteiger partial charge in [-0.3, -0.25) is 14.9 Å². The number of amides is 3. The van der Waals surface area contributed by atoms with Crippen LogP contribution in [0, 0.1) is 11.8 Å². The lowest BCUT2D eigenvalue weighted by Crippen LogP contribution is -2.41. The molecule has 38 heavy (non-hydrogen) atoms. The van der Waals surface area contributed by atoms with E-state index in [2.05, 4.69) is 22.5 Å². The maximum absolute atomic E-state index is 12.7. The van der Waals surface area contributed by atoms with E-state index in [0.717, 1.165) is 16.3 Å². The predicted octanol–water partition coefficient (Wildman–Crippen LogP) is 3.08. The first-order valence-electron chi connectivity index (χ1n) is 12.6. The summed E-state index contributed by atoms with van der Waals surface area (Å²) in [6, 6.07) is 11.1. The highest BCUT2D eigenvalue weighted by molar-refractivity contribution is 6.09. The molecule has 3 amide bonds. The van der Waals surface area contributed by atoms with Crippen LogP contribution < -0.4 is 10.6 Å². The number of hydrogen-bond acceptors (Lipinski definition) is 7. The lowest BCUT2D eigenvalue weighted by atomic mass is 10.1. The molecule has 200 valence electrons. The van der Waals surface area contributed by atoms with Crippen molar-refractivity contribution in [3.05, 3.63) is 42.1 Å². The maximum atomic E-state index is 12.7. The summed E-state index contributed by atoms with van der Waals surface area (Å²) < 4.78 is 18.0. The minimum absolute atomic E-state index is 0.204. The van der Waals surface area contributed by atoms with Gasteiger partial charge in [0.05, 0.1) is 25.3 Å². The Bertz CT molecular complexity index is 1400. The van der Waals surface area contributed by atoms with Crippen LogP contribution >= 0.6 is 0 Å². The summed E-state index contributed by atoms with van der Waals surface area (Å²) in [5.41, 5.74) is 1.57. The fraction of sp³-hybridized carbons (Fsp3) is 0.429. The van der Waals surface area contributed by atoms with E-state index in [1.807, 2.05) is 41.0 Å². The van der Waals surface area contributed by atoms with E-state index < -0.39 is 17.7 Å². The third-order valence-electron chi connectivity index (χ3n) is 5.76. The summed E-state index contributed by atoms with van der Waals surface area (Å²) in [6.45, 7) is 7.04. The summed E-state index contributed by atoms with van der Waals surface area (Å²) >= 11 is 0. The normalized spacial score (nSPS) is 15.7. The van der Waals surface area contributed by atoms with Crippen LogP contribution in [0.3, 0.4) is 0 Å². The molecule has 1 atom stereocenters. The number of carbonyl (C=O) groups is 3. The lowest BCUT2D eigenvalue weighted by molar-refractivity contribution is -0.135. The highest BCUT2D eigenvalue weighted by Crippen LogP contribution is 2.33. The standard InChI is InChI=1S/C28H32N4O6/c1-28(2,3)38-27(35)29-14-16-37-18-17-36-15-6-7-19-10-11-21-20-8-4-5-9-22(20)32(25(21)30-19)23-12-13-24(33)31-26(23)34/h4-5,8-11,23H,12-18H2,1-3H3,(H,29,35)(H,31,33,34). The molecular weight excluding hydrogens is 488 g/mol. The van der Waals surface area contributed by atoms with Gasteiger partial charge >= 0.3 is 6.09 Å². The largest absolute Gasteiger partial charge is 0.444 e. The molecule has 1 fully saturated rings. The minimum Gasteiger partial charge on any atom is -0.444 e. The molecule has 3 heterocycles. The molecule has 1 aliphatic heterocycles. The van der Waals surface area contributed by atoms with E-state index in [0.29, 0.717) is 44.1 Å². The summed E-state index contributed by atoms with van der Waals surface area (Å²) in [6.07, 6.45) is 0.227. The Labute approximate surface area is 221 Å². The Balaban J connectivity index is 1.31. The highest BCUT2D eigenvalue weighted by atomic mass is 16.6. The van der Waals surface area contributed by atoms with Gasteiger partial charge in [0.1, 0.15) is 29.6 Å². The summed E-state index contributed by atoms with van der Waals surface area (Å²) in [5, 5.41) is 6.97. The number of ether oxygens (including phenoxy) is 3.